The molecule has 1 aromatic heterocycles. The minimum atomic E-state index is -0.0365. The number of hydrogen-bond acceptors (Lipinski definition) is 2. The van der Waals surface area contributed by atoms with E-state index in [1.807, 2.05) is 36.4 Å². The molecular weight excluding hydrogens is 212 g/mol. The molecule has 17 heavy (non-hydrogen) atoms. The molecule has 0 unspecified atom stereocenters. The van der Waals surface area contributed by atoms with Crippen molar-refractivity contribution in [1.29, 1.82) is 0 Å². The molecule has 0 saturated heterocycles. The summed E-state index contributed by atoms with van der Waals surface area (Å²) in [7, 11) is 0. The highest BCUT2D eigenvalue weighted by Crippen LogP contribution is 2.25. The van der Waals surface area contributed by atoms with E-state index in [1.54, 1.807) is 0 Å². The van der Waals surface area contributed by atoms with Gasteiger partial charge in [-0.15, -0.1) is 0 Å². The number of H-pyrrole nitrogens is 1. The molecule has 0 saturated carbocycles. The molecule has 3 aromatic rings. The maximum atomic E-state index is 11.5. The Morgan fingerprint density at radius 3 is 2.65 bits per heavy atom. The second kappa shape index (κ2) is 3.71. The van der Waals surface area contributed by atoms with Crippen LogP contribution in [0.4, 0.5) is 0 Å². The summed E-state index contributed by atoms with van der Waals surface area (Å²) >= 11 is 0. The highest BCUT2D eigenvalue weighted by molar-refractivity contribution is 6.09. The fourth-order valence-electron chi connectivity index (χ4n) is 2.15. The Morgan fingerprint density at radius 1 is 1.06 bits per heavy atom. The second-order valence-electron chi connectivity index (χ2n) is 4.06. The molecule has 0 aliphatic heterocycles. The van der Waals surface area contributed by atoms with E-state index in [0.717, 1.165) is 16.4 Å². The maximum Gasteiger partial charge on any atom is 0.176 e. The first-order valence-corrected chi connectivity index (χ1v) is 5.53. The molecule has 3 N–H and O–H groups in total. The van der Waals surface area contributed by atoms with Crippen LogP contribution >= 0.6 is 0 Å². The van der Waals surface area contributed by atoms with Gasteiger partial charge < -0.3 is 10.7 Å². The van der Waals surface area contributed by atoms with Crippen LogP contribution in [0.1, 0.15) is 10.4 Å². The topological polar surface area (TPSA) is 58.9 Å². The van der Waals surface area contributed by atoms with Crippen molar-refractivity contribution in [1.82, 2.24) is 4.98 Å². The highest BCUT2D eigenvalue weighted by atomic mass is 16.1. The Balaban J connectivity index is 2.30. The van der Waals surface area contributed by atoms with E-state index in [1.165, 1.54) is 5.39 Å². The maximum absolute atomic E-state index is 11.5. The third-order valence-corrected chi connectivity index (χ3v) is 3.01. The van der Waals surface area contributed by atoms with Gasteiger partial charge in [-0.1, -0.05) is 30.3 Å². The van der Waals surface area contributed by atoms with Crippen LogP contribution in [-0.4, -0.2) is 17.3 Å². The first-order valence-electron chi connectivity index (χ1n) is 5.53. The average molecular weight is 224 g/mol. The number of fused-ring (bicyclic) bond motifs is 3. The van der Waals surface area contributed by atoms with Gasteiger partial charge in [0.05, 0.1) is 6.54 Å². The van der Waals surface area contributed by atoms with Crippen LogP contribution in [-0.2, 0) is 0 Å². The fourth-order valence-corrected chi connectivity index (χ4v) is 2.15. The lowest BCUT2D eigenvalue weighted by Gasteiger charge is -1.97. The van der Waals surface area contributed by atoms with Gasteiger partial charge in [-0.2, -0.15) is 0 Å². The zero-order chi connectivity index (χ0) is 11.8. The number of Topliss-reactive ketones (excluding diaryl/α,β-unsaturated/α-hetero) is 1. The SMILES string of the molecule is NCC(=O)c1ccc2c(c1)[nH]c1ccccc12. The van der Waals surface area contributed by atoms with E-state index in [-0.39, 0.29) is 12.3 Å². The van der Waals surface area contributed by atoms with Crippen molar-refractivity contribution >= 4 is 27.6 Å². The number of ketones is 1. The standard InChI is InChI=1S/C14H12N2O/c15-8-14(17)9-5-6-11-10-3-1-2-4-12(10)16-13(11)7-9/h1-7,16H,8,15H2. The van der Waals surface area contributed by atoms with Crippen LogP contribution < -0.4 is 5.73 Å². The molecule has 3 nitrogen and oxygen atoms in total. The fraction of sp³-hybridized carbons (Fsp3) is 0.0714. The van der Waals surface area contributed by atoms with E-state index in [9.17, 15) is 4.79 Å². The van der Waals surface area contributed by atoms with Crippen molar-refractivity contribution < 1.29 is 4.79 Å². The Morgan fingerprint density at radius 2 is 1.82 bits per heavy atom. The van der Waals surface area contributed by atoms with E-state index in [2.05, 4.69) is 11.1 Å². The Hall–Kier alpha value is -2.13. The monoisotopic (exact) mass is 224 g/mol. The first-order chi connectivity index (χ1) is 8.29. The minimum Gasteiger partial charge on any atom is -0.354 e. The van der Waals surface area contributed by atoms with Crippen LogP contribution in [0.5, 0.6) is 0 Å². The van der Waals surface area contributed by atoms with Gasteiger partial charge >= 0.3 is 0 Å². The molecule has 3 heteroatoms. The van der Waals surface area contributed by atoms with E-state index < -0.39 is 0 Å². The van der Waals surface area contributed by atoms with Crippen molar-refractivity contribution in [2.24, 2.45) is 5.73 Å². The third kappa shape index (κ3) is 1.52. The van der Waals surface area contributed by atoms with Gasteiger partial charge in [0.15, 0.2) is 5.78 Å². The lowest BCUT2D eigenvalue weighted by molar-refractivity contribution is 0.100. The Kier molecular flexibility index (Phi) is 2.20. The Labute approximate surface area is 98.2 Å². The largest absolute Gasteiger partial charge is 0.354 e. The molecule has 84 valence electrons. The summed E-state index contributed by atoms with van der Waals surface area (Å²) in [6, 6.07) is 13.8. The molecule has 0 bridgehead atoms. The van der Waals surface area contributed by atoms with Crippen LogP contribution in [0, 0.1) is 0 Å². The number of aromatic amines is 1. The summed E-state index contributed by atoms with van der Waals surface area (Å²) in [5, 5.41) is 2.31. The summed E-state index contributed by atoms with van der Waals surface area (Å²) in [4.78, 5) is 14.8. The number of rotatable bonds is 2. The van der Waals surface area contributed by atoms with Crippen molar-refractivity contribution in [3.8, 4) is 0 Å². The zero-order valence-corrected chi connectivity index (χ0v) is 9.23. The molecule has 0 fully saturated rings. The quantitative estimate of drug-likeness (QED) is 0.657. The number of nitrogens with one attached hydrogen (secondary N) is 1. The highest BCUT2D eigenvalue weighted by Gasteiger charge is 2.07. The predicted octanol–water partition coefficient (Wildman–Crippen LogP) is 2.46. The number of para-hydroxylation sites is 1. The lowest BCUT2D eigenvalue weighted by atomic mass is 10.1. The van der Waals surface area contributed by atoms with Gasteiger partial charge in [0, 0.05) is 27.4 Å². The molecule has 0 spiro atoms. The van der Waals surface area contributed by atoms with Gasteiger partial charge in [-0.3, -0.25) is 4.79 Å². The van der Waals surface area contributed by atoms with E-state index in [4.69, 9.17) is 5.73 Å². The summed E-state index contributed by atoms with van der Waals surface area (Å²) in [6.07, 6.45) is 0. The van der Waals surface area contributed by atoms with Gasteiger partial charge in [-0.25, -0.2) is 0 Å². The molecule has 3 rings (SSSR count). The number of carbonyl (C=O) groups is 1. The summed E-state index contributed by atoms with van der Waals surface area (Å²) in [5.74, 6) is -0.0365. The van der Waals surface area contributed by atoms with Gasteiger partial charge in [0.2, 0.25) is 0 Å². The third-order valence-electron chi connectivity index (χ3n) is 3.01. The van der Waals surface area contributed by atoms with Crippen molar-refractivity contribution in [3.63, 3.8) is 0 Å². The average Bonchev–Trinajstić information content (AvgIpc) is 2.75. The summed E-state index contributed by atoms with van der Waals surface area (Å²) in [5.41, 5.74) is 8.08. The molecule has 1 heterocycles. The molecule has 0 aliphatic carbocycles. The van der Waals surface area contributed by atoms with Crippen LogP contribution in [0.3, 0.4) is 0 Å². The van der Waals surface area contributed by atoms with E-state index in [0.29, 0.717) is 5.56 Å². The number of benzene rings is 2. The number of nitrogens with two attached hydrogens (primary N) is 1. The van der Waals surface area contributed by atoms with Crippen molar-refractivity contribution in [2.45, 2.75) is 0 Å². The number of hydrogen-bond donors (Lipinski definition) is 2. The predicted molar refractivity (Wildman–Crippen MR) is 69.2 cm³/mol. The van der Waals surface area contributed by atoms with Crippen LogP contribution in [0.25, 0.3) is 21.8 Å². The molecule has 2 aromatic carbocycles. The zero-order valence-electron chi connectivity index (χ0n) is 9.23. The van der Waals surface area contributed by atoms with Crippen LogP contribution in [0.2, 0.25) is 0 Å². The normalized spacial score (nSPS) is 11.1. The molecule has 0 atom stereocenters. The second-order valence-corrected chi connectivity index (χ2v) is 4.06. The lowest BCUT2D eigenvalue weighted by Crippen LogP contribution is -2.13. The molecule has 0 aliphatic rings. The number of aromatic nitrogens is 1. The first kappa shape index (κ1) is 10.1. The van der Waals surface area contributed by atoms with Gasteiger partial charge in [0.25, 0.3) is 0 Å². The minimum absolute atomic E-state index is 0.0365. The van der Waals surface area contributed by atoms with Gasteiger partial charge in [0.1, 0.15) is 0 Å². The molecular formula is C14H12N2O. The van der Waals surface area contributed by atoms with Crippen LogP contribution in [0.15, 0.2) is 42.5 Å². The molecule has 0 radical (unpaired) electrons. The van der Waals surface area contributed by atoms with Crippen molar-refractivity contribution in [2.75, 3.05) is 6.54 Å². The Bertz CT molecular complexity index is 712. The number of carbonyl (C=O) groups excluding carboxylic acids is 1. The summed E-state index contributed by atoms with van der Waals surface area (Å²) < 4.78 is 0. The van der Waals surface area contributed by atoms with E-state index >= 15 is 0 Å². The van der Waals surface area contributed by atoms with Gasteiger partial charge in [-0.05, 0) is 12.1 Å². The molecule has 0 amide bonds. The summed E-state index contributed by atoms with van der Waals surface area (Å²) in [6.45, 7) is 0.0474. The van der Waals surface area contributed by atoms with Crippen molar-refractivity contribution in [3.05, 3.63) is 48.0 Å². The smallest absolute Gasteiger partial charge is 0.176 e.